The lowest BCUT2D eigenvalue weighted by Crippen LogP contribution is -2.32. The maximum absolute atomic E-state index is 12.6. The van der Waals surface area contributed by atoms with Gasteiger partial charge in [-0.05, 0) is 24.3 Å². The van der Waals surface area contributed by atoms with Gasteiger partial charge in [0.05, 0.1) is 5.56 Å². The van der Waals surface area contributed by atoms with Gasteiger partial charge in [-0.1, -0.05) is 12.1 Å². The number of anilines is 1. The lowest BCUT2D eigenvalue weighted by atomic mass is 10.1. The van der Waals surface area contributed by atoms with Crippen LogP contribution in [0.3, 0.4) is 0 Å². The molecule has 0 saturated carbocycles. The first kappa shape index (κ1) is 14.5. The second kappa shape index (κ2) is 5.24. The summed E-state index contributed by atoms with van der Waals surface area (Å²) in [4.78, 5) is 0.955. The highest BCUT2D eigenvalue weighted by Gasteiger charge is 2.31. The molecule has 1 heterocycles. The molecule has 1 unspecified atom stereocenters. The van der Waals surface area contributed by atoms with Crippen molar-refractivity contribution in [3.05, 3.63) is 53.8 Å². The van der Waals surface area contributed by atoms with Gasteiger partial charge in [-0.25, -0.2) is 8.78 Å². The molecule has 1 N–H and O–H groups in total. The average molecular weight is 291 g/mol. The summed E-state index contributed by atoms with van der Waals surface area (Å²) < 4.78 is 63.0. The van der Waals surface area contributed by atoms with Crippen LogP contribution in [0, 0.1) is 0 Å². The molecule has 0 aromatic heterocycles. The number of nitrogens with zero attached hydrogens (tertiary/aromatic N) is 1. The third-order valence-corrected chi connectivity index (χ3v) is 2.76. The molecule has 2 rings (SSSR count). The van der Waals surface area contributed by atoms with Crippen LogP contribution >= 0.6 is 0 Å². The molecule has 2 nitrogen and oxygen atoms in total. The van der Waals surface area contributed by atoms with Gasteiger partial charge in [-0.3, -0.25) is 0 Å². The standard InChI is InChI=1S/C13H10F5NO/c14-12(15)8-4-5-11(20)19(7-8)10-3-1-2-9(6-10)13(16,17)18/h1-7,11-12,20H. The van der Waals surface area contributed by atoms with Crippen molar-refractivity contribution in [2.24, 2.45) is 0 Å². The topological polar surface area (TPSA) is 23.5 Å². The zero-order valence-electron chi connectivity index (χ0n) is 9.98. The van der Waals surface area contributed by atoms with E-state index >= 15 is 0 Å². The molecule has 0 saturated heterocycles. The summed E-state index contributed by atoms with van der Waals surface area (Å²) in [5.74, 6) is 0. The molecule has 0 fully saturated rings. The fourth-order valence-corrected chi connectivity index (χ4v) is 1.77. The molecular formula is C13H10F5NO. The van der Waals surface area contributed by atoms with Gasteiger partial charge < -0.3 is 10.0 Å². The van der Waals surface area contributed by atoms with Crippen LogP contribution in [-0.4, -0.2) is 17.8 Å². The monoisotopic (exact) mass is 291 g/mol. The van der Waals surface area contributed by atoms with Crippen LogP contribution in [0.15, 0.2) is 48.2 Å². The second-order valence-electron chi connectivity index (χ2n) is 4.16. The van der Waals surface area contributed by atoms with E-state index < -0.39 is 24.4 Å². The largest absolute Gasteiger partial charge is 0.416 e. The van der Waals surface area contributed by atoms with Crippen molar-refractivity contribution >= 4 is 5.69 Å². The highest BCUT2D eigenvalue weighted by molar-refractivity contribution is 5.55. The molecule has 1 aromatic carbocycles. The van der Waals surface area contributed by atoms with E-state index in [1.54, 1.807) is 0 Å². The number of alkyl halides is 5. The van der Waals surface area contributed by atoms with Crippen LogP contribution in [0.5, 0.6) is 0 Å². The van der Waals surface area contributed by atoms with E-state index in [9.17, 15) is 27.1 Å². The summed E-state index contributed by atoms with van der Waals surface area (Å²) in [6.07, 6.45) is -5.54. The zero-order chi connectivity index (χ0) is 14.9. The van der Waals surface area contributed by atoms with Gasteiger partial charge in [0.25, 0.3) is 6.43 Å². The van der Waals surface area contributed by atoms with Crippen LogP contribution in [0.1, 0.15) is 5.56 Å². The smallest absolute Gasteiger partial charge is 0.370 e. The SMILES string of the molecule is OC1C=CC(C(F)F)=CN1c1cccc(C(F)(F)F)c1. The summed E-state index contributed by atoms with van der Waals surface area (Å²) in [5, 5.41) is 9.68. The normalized spacial score (nSPS) is 19.4. The van der Waals surface area contributed by atoms with Gasteiger partial charge >= 0.3 is 6.18 Å². The maximum atomic E-state index is 12.6. The molecule has 7 heteroatoms. The summed E-state index contributed by atoms with van der Waals surface area (Å²) in [5.41, 5.74) is -1.31. The number of aliphatic hydroxyl groups excluding tert-OH is 1. The highest BCUT2D eigenvalue weighted by atomic mass is 19.4. The zero-order valence-corrected chi connectivity index (χ0v) is 9.98. The minimum Gasteiger partial charge on any atom is -0.370 e. The summed E-state index contributed by atoms with van der Waals surface area (Å²) in [6.45, 7) is 0. The predicted molar refractivity (Wildman–Crippen MR) is 63.2 cm³/mol. The van der Waals surface area contributed by atoms with Gasteiger partial charge in [0.2, 0.25) is 0 Å². The molecule has 0 spiro atoms. The first-order valence-corrected chi connectivity index (χ1v) is 5.61. The number of benzene rings is 1. The lowest BCUT2D eigenvalue weighted by molar-refractivity contribution is -0.137. The van der Waals surface area contributed by atoms with E-state index in [1.165, 1.54) is 6.07 Å². The van der Waals surface area contributed by atoms with Crippen molar-refractivity contribution in [3.8, 4) is 0 Å². The molecule has 20 heavy (non-hydrogen) atoms. The van der Waals surface area contributed by atoms with Crippen molar-refractivity contribution < 1.29 is 27.1 Å². The third-order valence-electron chi connectivity index (χ3n) is 2.76. The second-order valence-corrected chi connectivity index (χ2v) is 4.16. The molecule has 1 aromatic rings. The quantitative estimate of drug-likeness (QED) is 0.842. The summed E-state index contributed by atoms with van der Waals surface area (Å²) in [6, 6.07) is 4.12. The minimum absolute atomic E-state index is 0.0187. The van der Waals surface area contributed by atoms with Gasteiger partial charge in [0, 0.05) is 17.5 Å². The fourth-order valence-electron chi connectivity index (χ4n) is 1.77. The number of rotatable bonds is 2. The van der Waals surface area contributed by atoms with Crippen molar-refractivity contribution in [2.75, 3.05) is 4.90 Å². The minimum atomic E-state index is -4.54. The highest BCUT2D eigenvalue weighted by Crippen LogP contribution is 2.33. The molecule has 108 valence electrons. The van der Waals surface area contributed by atoms with Crippen molar-refractivity contribution in [3.63, 3.8) is 0 Å². The number of allylic oxidation sites excluding steroid dienone is 2. The molecule has 0 bridgehead atoms. The van der Waals surface area contributed by atoms with Gasteiger partial charge in [-0.2, -0.15) is 13.2 Å². The number of aliphatic hydroxyl groups is 1. The molecule has 0 radical (unpaired) electrons. The van der Waals surface area contributed by atoms with E-state index in [0.29, 0.717) is 0 Å². The Kier molecular flexibility index (Phi) is 3.80. The Morgan fingerprint density at radius 3 is 2.50 bits per heavy atom. The Hall–Kier alpha value is -1.89. The predicted octanol–water partition coefficient (Wildman–Crippen LogP) is 3.55. The molecule has 0 amide bonds. The Morgan fingerprint density at radius 2 is 1.90 bits per heavy atom. The maximum Gasteiger partial charge on any atom is 0.416 e. The van der Waals surface area contributed by atoms with E-state index in [-0.39, 0.29) is 11.3 Å². The van der Waals surface area contributed by atoms with Crippen LogP contribution in [0.25, 0.3) is 0 Å². The van der Waals surface area contributed by atoms with Gasteiger partial charge in [0.15, 0.2) is 0 Å². The molecule has 0 aliphatic carbocycles. The van der Waals surface area contributed by atoms with Crippen molar-refractivity contribution in [1.82, 2.24) is 0 Å². The average Bonchev–Trinajstić information content (AvgIpc) is 2.38. The Morgan fingerprint density at radius 1 is 1.20 bits per heavy atom. The summed E-state index contributed by atoms with van der Waals surface area (Å²) >= 11 is 0. The number of hydrogen-bond donors (Lipinski definition) is 1. The van der Waals surface area contributed by atoms with Crippen molar-refractivity contribution in [2.45, 2.75) is 18.8 Å². The Labute approximate surface area is 111 Å². The lowest BCUT2D eigenvalue weighted by Gasteiger charge is -2.28. The third kappa shape index (κ3) is 2.98. The van der Waals surface area contributed by atoms with E-state index in [2.05, 4.69) is 0 Å². The fraction of sp³-hybridized carbons (Fsp3) is 0.231. The van der Waals surface area contributed by atoms with E-state index in [1.807, 2.05) is 0 Å². The summed E-state index contributed by atoms with van der Waals surface area (Å²) in [7, 11) is 0. The number of hydrogen-bond acceptors (Lipinski definition) is 2. The van der Waals surface area contributed by atoms with Crippen LogP contribution < -0.4 is 4.90 Å². The molecule has 1 aliphatic heterocycles. The number of halogens is 5. The van der Waals surface area contributed by atoms with E-state index in [4.69, 9.17) is 0 Å². The van der Waals surface area contributed by atoms with Crippen LogP contribution in [-0.2, 0) is 6.18 Å². The molecular weight excluding hydrogens is 281 g/mol. The first-order chi connectivity index (χ1) is 9.29. The van der Waals surface area contributed by atoms with Crippen LogP contribution in [0.4, 0.5) is 27.6 Å². The van der Waals surface area contributed by atoms with Gasteiger partial charge in [-0.15, -0.1) is 0 Å². The molecule has 1 atom stereocenters. The first-order valence-electron chi connectivity index (χ1n) is 5.61. The van der Waals surface area contributed by atoms with E-state index in [0.717, 1.165) is 41.5 Å². The van der Waals surface area contributed by atoms with Crippen molar-refractivity contribution in [1.29, 1.82) is 0 Å². The Bertz CT molecular complexity index is 550. The Balaban J connectivity index is 2.38. The molecule has 1 aliphatic rings. The van der Waals surface area contributed by atoms with Crippen LogP contribution in [0.2, 0.25) is 0 Å². The van der Waals surface area contributed by atoms with Gasteiger partial charge in [0.1, 0.15) is 6.23 Å².